The van der Waals surface area contributed by atoms with Crippen LogP contribution in [-0.4, -0.2) is 10.5 Å². The first-order valence-corrected chi connectivity index (χ1v) is 7.29. The van der Waals surface area contributed by atoms with Crippen LogP contribution in [-0.2, 0) is 17.8 Å². The predicted octanol–water partition coefficient (Wildman–Crippen LogP) is 3.98. The molecule has 0 radical (unpaired) electrons. The molecule has 4 heteroatoms. The van der Waals surface area contributed by atoms with Gasteiger partial charge in [-0.05, 0) is 47.7 Å². The Balaban J connectivity index is 1.78. The van der Waals surface area contributed by atoms with Crippen molar-refractivity contribution < 1.29 is 9.18 Å². The number of hydrogen-bond donors (Lipinski definition) is 1. The molecule has 3 rings (SSSR count). The molecule has 2 aromatic carbocycles. The molecule has 22 heavy (non-hydrogen) atoms. The van der Waals surface area contributed by atoms with Crippen molar-refractivity contribution in [2.45, 2.75) is 19.9 Å². The second-order valence-corrected chi connectivity index (χ2v) is 5.22. The Morgan fingerprint density at radius 3 is 2.77 bits per heavy atom. The third-order valence-electron chi connectivity index (χ3n) is 3.71. The van der Waals surface area contributed by atoms with Crippen molar-refractivity contribution in [3.63, 3.8) is 0 Å². The van der Waals surface area contributed by atoms with E-state index in [0.717, 1.165) is 17.3 Å². The third kappa shape index (κ3) is 2.86. The number of amides is 1. The highest BCUT2D eigenvalue weighted by Gasteiger charge is 2.09. The van der Waals surface area contributed by atoms with Gasteiger partial charge in [-0.2, -0.15) is 0 Å². The SMILES string of the molecule is CCc1ccc2c(ccn2CC(=O)Nc2ccccc2F)c1. The molecule has 0 unspecified atom stereocenters. The third-order valence-corrected chi connectivity index (χ3v) is 3.71. The Morgan fingerprint density at radius 1 is 1.18 bits per heavy atom. The molecule has 1 aromatic heterocycles. The van der Waals surface area contributed by atoms with Gasteiger partial charge in [0.05, 0.1) is 5.69 Å². The number of halogens is 1. The average molecular weight is 296 g/mol. The smallest absolute Gasteiger partial charge is 0.244 e. The van der Waals surface area contributed by atoms with Crippen LogP contribution in [0.25, 0.3) is 10.9 Å². The van der Waals surface area contributed by atoms with Crippen molar-refractivity contribution in [3.8, 4) is 0 Å². The van der Waals surface area contributed by atoms with Crippen LogP contribution in [0.3, 0.4) is 0 Å². The van der Waals surface area contributed by atoms with E-state index in [-0.39, 0.29) is 18.1 Å². The summed E-state index contributed by atoms with van der Waals surface area (Å²) < 4.78 is 15.4. The minimum absolute atomic E-state index is 0.156. The molecule has 0 aliphatic heterocycles. The number of carbonyl (C=O) groups excluding carboxylic acids is 1. The molecular weight excluding hydrogens is 279 g/mol. The zero-order valence-corrected chi connectivity index (χ0v) is 12.3. The number of carbonyl (C=O) groups is 1. The standard InChI is InChI=1S/C18H17FN2O/c1-2-13-7-8-17-14(11-13)9-10-21(17)12-18(22)20-16-6-4-3-5-15(16)19/h3-11H,2,12H2,1H3,(H,20,22). The van der Waals surface area contributed by atoms with Gasteiger partial charge in [-0.25, -0.2) is 4.39 Å². The largest absolute Gasteiger partial charge is 0.338 e. The molecule has 1 amide bonds. The van der Waals surface area contributed by atoms with Gasteiger partial charge in [0.2, 0.25) is 5.91 Å². The Kier molecular flexibility index (Phi) is 3.92. The molecule has 0 atom stereocenters. The Bertz CT molecular complexity index is 823. The molecule has 0 fully saturated rings. The van der Waals surface area contributed by atoms with E-state index in [9.17, 15) is 9.18 Å². The Hall–Kier alpha value is -2.62. The number of hydrogen-bond acceptors (Lipinski definition) is 1. The number of benzene rings is 2. The van der Waals surface area contributed by atoms with Gasteiger partial charge in [0.25, 0.3) is 0 Å². The second kappa shape index (κ2) is 6.02. The molecule has 0 spiro atoms. The van der Waals surface area contributed by atoms with E-state index in [1.54, 1.807) is 18.2 Å². The fourth-order valence-electron chi connectivity index (χ4n) is 2.51. The molecular formula is C18H17FN2O. The summed E-state index contributed by atoms with van der Waals surface area (Å²) in [6.07, 6.45) is 2.86. The Morgan fingerprint density at radius 2 is 2.00 bits per heavy atom. The van der Waals surface area contributed by atoms with Crippen LogP contribution >= 0.6 is 0 Å². The molecule has 0 aliphatic carbocycles. The van der Waals surface area contributed by atoms with Crippen LogP contribution in [0, 0.1) is 5.82 Å². The lowest BCUT2D eigenvalue weighted by Gasteiger charge is -2.08. The lowest BCUT2D eigenvalue weighted by molar-refractivity contribution is -0.116. The van der Waals surface area contributed by atoms with E-state index in [4.69, 9.17) is 0 Å². The van der Waals surface area contributed by atoms with Gasteiger partial charge in [-0.1, -0.05) is 25.1 Å². The highest BCUT2D eigenvalue weighted by Crippen LogP contribution is 2.18. The molecule has 1 heterocycles. The number of aromatic nitrogens is 1. The van der Waals surface area contributed by atoms with Crippen LogP contribution in [0.2, 0.25) is 0 Å². The van der Waals surface area contributed by atoms with Gasteiger partial charge in [0, 0.05) is 11.7 Å². The maximum Gasteiger partial charge on any atom is 0.244 e. The van der Waals surface area contributed by atoms with Gasteiger partial charge >= 0.3 is 0 Å². The van der Waals surface area contributed by atoms with Gasteiger partial charge in [-0.15, -0.1) is 0 Å². The van der Waals surface area contributed by atoms with Gasteiger partial charge in [-0.3, -0.25) is 4.79 Å². The summed E-state index contributed by atoms with van der Waals surface area (Å²) in [5.74, 6) is -0.678. The number of rotatable bonds is 4. The van der Waals surface area contributed by atoms with E-state index < -0.39 is 5.82 Å². The fraction of sp³-hybridized carbons (Fsp3) is 0.167. The monoisotopic (exact) mass is 296 g/mol. The number of nitrogens with zero attached hydrogens (tertiary/aromatic N) is 1. The van der Waals surface area contributed by atoms with Crippen molar-refractivity contribution in [1.29, 1.82) is 0 Å². The quantitative estimate of drug-likeness (QED) is 0.776. The lowest BCUT2D eigenvalue weighted by atomic mass is 10.1. The van der Waals surface area contributed by atoms with Crippen molar-refractivity contribution in [3.05, 3.63) is 66.1 Å². The molecule has 0 saturated carbocycles. The molecule has 3 nitrogen and oxygen atoms in total. The minimum atomic E-state index is -0.430. The fourth-order valence-corrected chi connectivity index (χ4v) is 2.51. The molecule has 0 aliphatic rings. The van der Waals surface area contributed by atoms with Crippen LogP contribution in [0.4, 0.5) is 10.1 Å². The normalized spacial score (nSPS) is 10.8. The van der Waals surface area contributed by atoms with E-state index in [0.29, 0.717) is 0 Å². The van der Waals surface area contributed by atoms with Crippen molar-refractivity contribution in [2.75, 3.05) is 5.32 Å². The number of para-hydroxylation sites is 1. The zero-order chi connectivity index (χ0) is 15.5. The van der Waals surface area contributed by atoms with E-state index >= 15 is 0 Å². The van der Waals surface area contributed by atoms with Crippen LogP contribution in [0.5, 0.6) is 0 Å². The minimum Gasteiger partial charge on any atom is -0.338 e. The summed E-state index contributed by atoms with van der Waals surface area (Å²) in [5.41, 5.74) is 2.47. The summed E-state index contributed by atoms with van der Waals surface area (Å²) in [6, 6.07) is 14.4. The van der Waals surface area contributed by atoms with Crippen molar-refractivity contribution in [1.82, 2.24) is 4.57 Å². The number of nitrogens with one attached hydrogen (secondary N) is 1. The first-order valence-electron chi connectivity index (χ1n) is 7.29. The summed E-state index contributed by atoms with van der Waals surface area (Å²) >= 11 is 0. The van der Waals surface area contributed by atoms with Crippen LogP contribution in [0.1, 0.15) is 12.5 Å². The first kappa shape index (κ1) is 14.3. The summed E-state index contributed by atoms with van der Waals surface area (Å²) in [5, 5.41) is 3.71. The number of aryl methyl sites for hydroxylation is 1. The van der Waals surface area contributed by atoms with Gasteiger partial charge < -0.3 is 9.88 Å². The molecule has 112 valence electrons. The predicted molar refractivity (Wildman–Crippen MR) is 86.3 cm³/mol. The summed E-state index contributed by atoms with van der Waals surface area (Å²) in [7, 11) is 0. The summed E-state index contributed by atoms with van der Waals surface area (Å²) in [6.45, 7) is 2.27. The van der Waals surface area contributed by atoms with Gasteiger partial charge in [0.15, 0.2) is 0 Å². The Labute approximate surface area is 128 Å². The van der Waals surface area contributed by atoms with E-state index in [1.165, 1.54) is 11.6 Å². The first-order chi connectivity index (χ1) is 10.7. The van der Waals surface area contributed by atoms with E-state index in [1.807, 2.05) is 22.9 Å². The maximum absolute atomic E-state index is 13.5. The number of anilines is 1. The lowest BCUT2D eigenvalue weighted by Crippen LogP contribution is -2.18. The van der Waals surface area contributed by atoms with E-state index in [2.05, 4.69) is 24.4 Å². The topological polar surface area (TPSA) is 34.0 Å². The number of fused-ring (bicyclic) bond motifs is 1. The van der Waals surface area contributed by atoms with Crippen molar-refractivity contribution in [2.24, 2.45) is 0 Å². The highest BCUT2D eigenvalue weighted by molar-refractivity contribution is 5.92. The molecule has 3 aromatic rings. The molecule has 0 saturated heterocycles. The van der Waals surface area contributed by atoms with Gasteiger partial charge in [0.1, 0.15) is 12.4 Å². The molecule has 0 bridgehead atoms. The highest BCUT2D eigenvalue weighted by atomic mass is 19.1. The van der Waals surface area contributed by atoms with Crippen LogP contribution < -0.4 is 5.32 Å². The van der Waals surface area contributed by atoms with Crippen LogP contribution in [0.15, 0.2) is 54.7 Å². The average Bonchev–Trinajstić information content (AvgIpc) is 2.91. The second-order valence-electron chi connectivity index (χ2n) is 5.22. The van der Waals surface area contributed by atoms with Crippen molar-refractivity contribution >= 4 is 22.5 Å². The summed E-state index contributed by atoms with van der Waals surface area (Å²) in [4.78, 5) is 12.1. The maximum atomic E-state index is 13.5. The molecule has 1 N–H and O–H groups in total. The zero-order valence-electron chi connectivity index (χ0n) is 12.3.